The Bertz CT molecular complexity index is 474. The SMILES string of the molecule is Cc1ccnc(-c2c(Cl)cccc2Cl)c1. The Morgan fingerprint density at radius 3 is 2.33 bits per heavy atom. The summed E-state index contributed by atoms with van der Waals surface area (Å²) in [6.07, 6.45) is 1.75. The Balaban J connectivity index is 2.63. The standard InChI is InChI=1S/C12H9Cl2N/c1-8-5-6-15-11(7-8)12-9(13)3-2-4-10(12)14/h2-7H,1H3. The fraction of sp³-hybridized carbons (Fsp3) is 0.0833. The molecule has 0 amide bonds. The van der Waals surface area contributed by atoms with E-state index in [9.17, 15) is 0 Å². The molecule has 0 fully saturated rings. The smallest absolute Gasteiger partial charge is 0.0734 e. The van der Waals surface area contributed by atoms with E-state index in [0.29, 0.717) is 10.0 Å². The number of aromatic nitrogens is 1. The van der Waals surface area contributed by atoms with Crippen molar-refractivity contribution in [2.45, 2.75) is 6.92 Å². The van der Waals surface area contributed by atoms with Crippen molar-refractivity contribution in [1.82, 2.24) is 4.98 Å². The van der Waals surface area contributed by atoms with Gasteiger partial charge in [-0.3, -0.25) is 4.98 Å². The minimum absolute atomic E-state index is 0.626. The van der Waals surface area contributed by atoms with Gasteiger partial charge in [0, 0.05) is 11.8 Å². The van der Waals surface area contributed by atoms with E-state index in [0.717, 1.165) is 16.8 Å². The topological polar surface area (TPSA) is 12.9 Å². The lowest BCUT2D eigenvalue weighted by Crippen LogP contribution is -1.86. The van der Waals surface area contributed by atoms with E-state index in [-0.39, 0.29) is 0 Å². The van der Waals surface area contributed by atoms with E-state index in [1.807, 2.05) is 37.3 Å². The van der Waals surface area contributed by atoms with Crippen LogP contribution in [0.1, 0.15) is 5.56 Å². The molecule has 0 aliphatic heterocycles. The highest BCUT2D eigenvalue weighted by Gasteiger charge is 2.08. The molecule has 2 rings (SSSR count). The van der Waals surface area contributed by atoms with Gasteiger partial charge in [-0.2, -0.15) is 0 Å². The van der Waals surface area contributed by atoms with Crippen molar-refractivity contribution in [2.24, 2.45) is 0 Å². The van der Waals surface area contributed by atoms with E-state index in [1.54, 1.807) is 6.20 Å². The second kappa shape index (κ2) is 4.21. The third-order valence-electron chi connectivity index (χ3n) is 2.13. The molecule has 0 saturated carbocycles. The van der Waals surface area contributed by atoms with Gasteiger partial charge in [-0.25, -0.2) is 0 Å². The number of pyridine rings is 1. The fourth-order valence-electron chi connectivity index (χ4n) is 1.42. The monoisotopic (exact) mass is 237 g/mol. The zero-order valence-corrected chi connectivity index (χ0v) is 9.68. The molecule has 0 radical (unpaired) electrons. The number of hydrogen-bond acceptors (Lipinski definition) is 1. The van der Waals surface area contributed by atoms with Gasteiger partial charge < -0.3 is 0 Å². The molecule has 0 saturated heterocycles. The highest BCUT2D eigenvalue weighted by molar-refractivity contribution is 6.39. The highest BCUT2D eigenvalue weighted by Crippen LogP contribution is 2.33. The van der Waals surface area contributed by atoms with Crippen molar-refractivity contribution in [3.05, 3.63) is 52.1 Å². The molecular formula is C12H9Cl2N. The molecule has 1 nitrogen and oxygen atoms in total. The molecule has 3 heteroatoms. The lowest BCUT2D eigenvalue weighted by Gasteiger charge is -2.06. The van der Waals surface area contributed by atoms with Gasteiger partial charge >= 0.3 is 0 Å². The Hall–Kier alpha value is -1.05. The van der Waals surface area contributed by atoms with Crippen molar-refractivity contribution in [2.75, 3.05) is 0 Å². The summed E-state index contributed by atoms with van der Waals surface area (Å²) < 4.78 is 0. The summed E-state index contributed by atoms with van der Waals surface area (Å²) in [5.74, 6) is 0. The quantitative estimate of drug-likeness (QED) is 0.719. The summed E-state index contributed by atoms with van der Waals surface area (Å²) in [5, 5.41) is 1.25. The van der Waals surface area contributed by atoms with Gasteiger partial charge in [-0.15, -0.1) is 0 Å². The van der Waals surface area contributed by atoms with Crippen LogP contribution in [-0.2, 0) is 0 Å². The maximum atomic E-state index is 6.09. The summed E-state index contributed by atoms with van der Waals surface area (Å²) in [7, 11) is 0. The molecule has 0 spiro atoms. The summed E-state index contributed by atoms with van der Waals surface area (Å²) in [4.78, 5) is 4.26. The van der Waals surface area contributed by atoms with E-state index in [1.165, 1.54) is 0 Å². The third kappa shape index (κ3) is 2.14. The Morgan fingerprint density at radius 2 is 1.73 bits per heavy atom. The van der Waals surface area contributed by atoms with Crippen LogP contribution in [0.2, 0.25) is 10.0 Å². The van der Waals surface area contributed by atoms with Crippen LogP contribution in [-0.4, -0.2) is 4.98 Å². The molecular weight excluding hydrogens is 229 g/mol. The largest absolute Gasteiger partial charge is 0.256 e. The Kier molecular flexibility index (Phi) is 2.94. The minimum atomic E-state index is 0.626. The van der Waals surface area contributed by atoms with Crippen LogP contribution in [0.5, 0.6) is 0 Å². The molecule has 2 aromatic rings. The zero-order valence-electron chi connectivity index (χ0n) is 8.17. The number of benzene rings is 1. The summed E-state index contributed by atoms with van der Waals surface area (Å²) >= 11 is 12.2. The van der Waals surface area contributed by atoms with Gasteiger partial charge in [-0.1, -0.05) is 29.3 Å². The van der Waals surface area contributed by atoms with Crippen LogP contribution < -0.4 is 0 Å². The van der Waals surface area contributed by atoms with Crippen molar-refractivity contribution < 1.29 is 0 Å². The van der Waals surface area contributed by atoms with Gasteiger partial charge in [0.1, 0.15) is 0 Å². The van der Waals surface area contributed by atoms with E-state index >= 15 is 0 Å². The molecule has 1 aromatic carbocycles. The maximum absolute atomic E-state index is 6.09. The normalized spacial score (nSPS) is 10.3. The second-order valence-electron chi connectivity index (χ2n) is 3.32. The maximum Gasteiger partial charge on any atom is 0.0734 e. The lowest BCUT2D eigenvalue weighted by atomic mass is 10.1. The zero-order chi connectivity index (χ0) is 10.8. The number of aryl methyl sites for hydroxylation is 1. The first-order valence-corrected chi connectivity index (χ1v) is 5.31. The molecule has 0 unspecified atom stereocenters. The lowest BCUT2D eigenvalue weighted by molar-refractivity contribution is 1.29. The average molecular weight is 238 g/mol. The van der Waals surface area contributed by atoms with E-state index < -0.39 is 0 Å². The molecule has 0 bridgehead atoms. The first-order valence-electron chi connectivity index (χ1n) is 4.55. The predicted molar refractivity (Wildman–Crippen MR) is 64.4 cm³/mol. The molecule has 15 heavy (non-hydrogen) atoms. The van der Waals surface area contributed by atoms with Crippen LogP contribution >= 0.6 is 23.2 Å². The van der Waals surface area contributed by atoms with Gasteiger partial charge in [0.05, 0.1) is 15.7 Å². The molecule has 0 atom stereocenters. The second-order valence-corrected chi connectivity index (χ2v) is 4.13. The first-order chi connectivity index (χ1) is 7.18. The first kappa shape index (κ1) is 10.5. The predicted octanol–water partition coefficient (Wildman–Crippen LogP) is 4.36. The molecule has 1 aromatic heterocycles. The third-order valence-corrected chi connectivity index (χ3v) is 2.76. The van der Waals surface area contributed by atoms with Crippen molar-refractivity contribution >= 4 is 23.2 Å². The van der Waals surface area contributed by atoms with Crippen LogP contribution in [0.25, 0.3) is 11.3 Å². The van der Waals surface area contributed by atoms with Crippen molar-refractivity contribution in [3.8, 4) is 11.3 Å². The summed E-state index contributed by atoms with van der Waals surface area (Å²) in [5.41, 5.74) is 2.74. The Labute approximate surface area is 98.7 Å². The summed E-state index contributed by atoms with van der Waals surface area (Å²) in [6, 6.07) is 9.35. The van der Waals surface area contributed by atoms with E-state index in [4.69, 9.17) is 23.2 Å². The van der Waals surface area contributed by atoms with Gasteiger partial charge in [-0.05, 0) is 36.8 Å². The number of hydrogen-bond donors (Lipinski definition) is 0. The van der Waals surface area contributed by atoms with Crippen molar-refractivity contribution in [1.29, 1.82) is 0 Å². The number of halogens is 2. The van der Waals surface area contributed by atoms with E-state index in [2.05, 4.69) is 4.98 Å². The fourth-order valence-corrected chi connectivity index (χ4v) is 2.01. The molecule has 1 heterocycles. The van der Waals surface area contributed by atoms with Gasteiger partial charge in [0.2, 0.25) is 0 Å². The molecule has 0 aliphatic rings. The van der Waals surface area contributed by atoms with Crippen LogP contribution in [0, 0.1) is 6.92 Å². The average Bonchev–Trinajstić information content (AvgIpc) is 2.17. The molecule has 76 valence electrons. The van der Waals surface area contributed by atoms with Gasteiger partial charge in [0.15, 0.2) is 0 Å². The number of nitrogens with zero attached hydrogens (tertiary/aromatic N) is 1. The van der Waals surface area contributed by atoms with Crippen LogP contribution in [0.15, 0.2) is 36.5 Å². The number of rotatable bonds is 1. The van der Waals surface area contributed by atoms with Crippen LogP contribution in [0.3, 0.4) is 0 Å². The molecule has 0 aliphatic carbocycles. The van der Waals surface area contributed by atoms with Crippen LogP contribution in [0.4, 0.5) is 0 Å². The highest BCUT2D eigenvalue weighted by atomic mass is 35.5. The molecule has 0 N–H and O–H groups in total. The summed E-state index contributed by atoms with van der Waals surface area (Å²) in [6.45, 7) is 2.01. The van der Waals surface area contributed by atoms with Gasteiger partial charge in [0.25, 0.3) is 0 Å². The Morgan fingerprint density at radius 1 is 1.07 bits per heavy atom. The minimum Gasteiger partial charge on any atom is -0.256 e. The van der Waals surface area contributed by atoms with Crippen molar-refractivity contribution in [3.63, 3.8) is 0 Å².